The molecule has 6 aliphatic rings. The molecule has 2 heteroatoms. The fraction of sp³-hybridized carbons (Fsp3) is 0.0976. The second-order valence-corrected chi connectivity index (χ2v) is 12.7. The number of benzene rings is 6. The zero-order valence-corrected chi connectivity index (χ0v) is 23.2. The Morgan fingerprint density at radius 2 is 0.860 bits per heavy atom. The van der Waals surface area contributed by atoms with Crippen molar-refractivity contribution in [2.75, 3.05) is 0 Å². The molecule has 13 rings (SSSR count). The minimum Gasteiger partial charge on any atom is -0.356 e. The Morgan fingerprint density at radius 3 is 1.33 bits per heavy atom. The molecule has 0 radical (unpaired) electrons. The van der Waals surface area contributed by atoms with E-state index >= 15 is 0 Å². The van der Waals surface area contributed by atoms with Crippen molar-refractivity contribution in [3.8, 4) is 0 Å². The molecule has 1 N–H and O–H groups in total. The number of aromatic amines is 1. The maximum absolute atomic E-state index is 8.30. The van der Waals surface area contributed by atoms with Crippen LogP contribution in [0.1, 0.15) is 90.4 Å². The third-order valence-electron chi connectivity index (χ3n) is 10.9. The lowest BCUT2D eigenvalue weighted by Crippen LogP contribution is -2.28. The number of aromatic nitrogens is 1. The lowest BCUT2D eigenvalue weighted by Gasteiger charge is -2.43. The molecule has 4 bridgehead atoms. The van der Waals surface area contributed by atoms with Crippen LogP contribution in [-0.2, 0) is 0 Å². The van der Waals surface area contributed by atoms with Gasteiger partial charge in [0.05, 0.1) is 6.57 Å². The van der Waals surface area contributed by atoms with Crippen LogP contribution in [0.4, 0.5) is 5.69 Å². The first-order valence-corrected chi connectivity index (χ1v) is 15.2. The van der Waals surface area contributed by atoms with Crippen LogP contribution in [0.2, 0.25) is 0 Å². The summed E-state index contributed by atoms with van der Waals surface area (Å²) in [4.78, 5) is 7.99. The first kappa shape index (κ1) is 22.2. The van der Waals surface area contributed by atoms with Gasteiger partial charge in [-0.2, -0.15) is 0 Å². The topological polar surface area (TPSA) is 20.1 Å². The molecule has 0 saturated carbocycles. The predicted octanol–water partition coefficient (Wildman–Crippen LogP) is 9.85. The molecule has 43 heavy (non-hydrogen) atoms. The van der Waals surface area contributed by atoms with Gasteiger partial charge >= 0.3 is 0 Å². The molecular weight excluding hydrogens is 520 g/mol. The van der Waals surface area contributed by atoms with Crippen molar-refractivity contribution in [3.05, 3.63) is 193 Å². The molecule has 0 unspecified atom stereocenters. The maximum atomic E-state index is 8.30. The summed E-state index contributed by atoms with van der Waals surface area (Å²) in [5.41, 5.74) is 19.6. The van der Waals surface area contributed by atoms with Crippen LogP contribution in [0.5, 0.6) is 0 Å². The van der Waals surface area contributed by atoms with Gasteiger partial charge in [-0.25, -0.2) is 4.85 Å². The van der Waals surface area contributed by atoms with Gasteiger partial charge in [0.2, 0.25) is 0 Å². The average Bonchev–Trinajstić information content (AvgIpc) is 3.43. The van der Waals surface area contributed by atoms with Crippen LogP contribution < -0.4 is 0 Å². The van der Waals surface area contributed by atoms with E-state index in [4.69, 9.17) is 6.57 Å². The highest BCUT2D eigenvalue weighted by Gasteiger charge is 2.45. The van der Waals surface area contributed by atoms with E-state index in [1.165, 1.54) is 83.1 Å². The third-order valence-corrected chi connectivity index (χ3v) is 10.9. The van der Waals surface area contributed by atoms with E-state index in [0.29, 0.717) is 0 Å². The summed E-state index contributed by atoms with van der Waals surface area (Å²) in [7, 11) is 0. The highest BCUT2D eigenvalue weighted by atomic mass is 14.7. The van der Waals surface area contributed by atoms with E-state index in [1.807, 2.05) is 0 Å². The summed E-state index contributed by atoms with van der Waals surface area (Å²) in [6, 6.07) is 43.0. The van der Waals surface area contributed by atoms with Gasteiger partial charge in [-0.15, -0.1) is 0 Å². The van der Waals surface area contributed by atoms with E-state index in [-0.39, 0.29) is 23.7 Å². The second-order valence-electron chi connectivity index (χ2n) is 12.7. The zero-order valence-electron chi connectivity index (χ0n) is 23.2. The molecule has 198 valence electrons. The number of nitrogens with one attached hydrogen (secondary N) is 1. The number of rotatable bonds is 0. The smallest absolute Gasteiger partial charge is 0.193 e. The van der Waals surface area contributed by atoms with Crippen LogP contribution >= 0.6 is 0 Å². The SMILES string of the molecule is [C-]#[N+]c1cc2[nH]c3cc4c(cc3c2c2c1C1c3ccccc3C2c2ccccc21)C1c2ccccc2C4c2ccccc21. The summed E-state index contributed by atoms with van der Waals surface area (Å²) >= 11 is 0. The molecule has 0 spiro atoms. The first-order valence-electron chi connectivity index (χ1n) is 15.2. The summed E-state index contributed by atoms with van der Waals surface area (Å²) in [5.74, 6) is 0.673. The summed E-state index contributed by atoms with van der Waals surface area (Å²) in [6.45, 7) is 8.30. The summed E-state index contributed by atoms with van der Waals surface area (Å²) in [5, 5.41) is 2.58. The quantitative estimate of drug-likeness (QED) is 0.183. The van der Waals surface area contributed by atoms with Gasteiger partial charge in [0, 0.05) is 45.5 Å². The highest BCUT2D eigenvalue weighted by molar-refractivity contribution is 6.13. The van der Waals surface area contributed by atoms with Crippen molar-refractivity contribution in [1.82, 2.24) is 4.98 Å². The van der Waals surface area contributed by atoms with Crippen molar-refractivity contribution in [2.45, 2.75) is 23.7 Å². The van der Waals surface area contributed by atoms with E-state index in [9.17, 15) is 0 Å². The lowest BCUT2D eigenvalue weighted by atomic mass is 9.59. The standard InChI is InChI=1S/C41H24N2/c1-42-33-20-34-39(41-38-27-16-8-6-14-25(27)37(40(33)41)26-15-7-9-17-28(26)38)31-18-29-30(19-32(31)43-34)36-23-12-4-2-10-21(23)35(29)22-11-3-5-13-24(22)36/h2-20,35-38,43H. The minimum absolute atomic E-state index is 0.0817. The normalized spacial score (nSPS) is 21.0. The van der Waals surface area contributed by atoms with E-state index in [1.54, 1.807) is 0 Å². The second kappa shape index (κ2) is 7.51. The highest BCUT2D eigenvalue weighted by Crippen LogP contribution is 2.61. The molecule has 0 amide bonds. The number of hydrogen-bond acceptors (Lipinski definition) is 0. The Balaban J connectivity index is 1.26. The van der Waals surface area contributed by atoms with Crippen molar-refractivity contribution in [1.29, 1.82) is 0 Å². The van der Waals surface area contributed by atoms with Crippen molar-refractivity contribution >= 4 is 27.5 Å². The van der Waals surface area contributed by atoms with Gasteiger partial charge in [-0.05, 0) is 85.0 Å². The van der Waals surface area contributed by atoms with E-state index in [2.05, 4.69) is 125 Å². The van der Waals surface area contributed by atoms with Crippen LogP contribution in [0.15, 0.2) is 115 Å². The molecule has 6 aromatic carbocycles. The molecule has 0 fully saturated rings. The Hall–Kier alpha value is -5.39. The van der Waals surface area contributed by atoms with Gasteiger partial charge in [-0.3, -0.25) is 0 Å². The fourth-order valence-corrected chi connectivity index (χ4v) is 9.49. The average molecular weight is 545 g/mol. The summed E-state index contributed by atoms with van der Waals surface area (Å²) in [6.07, 6.45) is 0. The van der Waals surface area contributed by atoms with Crippen LogP contribution in [0.25, 0.3) is 26.7 Å². The number of fused-ring (bicyclic) bond motifs is 3. The van der Waals surface area contributed by atoms with Crippen molar-refractivity contribution in [3.63, 3.8) is 0 Å². The number of nitrogens with zero attached hydrogens (tertiary/aromatic N) is 1. The van der Waals surface area contributed by atoms with Crippen LogP contribution in [-0.4, -0.2) is 4.98 Å². The van der Waals surface area contributed by atoms with Gasteiger partial charge in [0.25, 0.3) is 0 Å². The number of H-pyrrole nitrogens is 1. The Morgan fingerprint density at radius 1 is 0.442 bits per heavy atom. The molecule has 7 aromatic rings. The lowest BCUT2D eigenvalue weighted by molar-refractivity contribution is 0.756. The molecular formula is C41H24N2. The van der Waals surface area contributed by atoms with E-state index in [0.717, 1.165) is 11.2 Å². The van der Waals surface area contributed by atoms with Crippen molar-refractivity contribution in [2.24, 2.45) is 0 Å². The third kappa shape index (κ3) is 2.49. The first-order chi connectivity index (χ1) is 21.3. The Bertz CT molecular complexity index is 2360. The Labute approximate surface area is 249 Å². The van der Waals surface area contributed by atoms with E-state index < -0.39 is 0 Å². The largest absolute Gasteiger partial charge is 0.356 e. The fourth-order valence-electron chi connectivity index (χ4n) is 9.49. The van der Waals surface area contributed by atoms with Crippen molar-refractivity contribution < 1.29 is 0 Å². The molecule has 1 aromatic heterocycles. The van der Waals surface area contributed by atoms with Gasteiger partial charge < -0.3 is 4.98 Å². The predicted molar refractivity (Wildman–Crippen MR) is 172 cm³/mol. The molecule has 0 saturated heterocycles. The van der Waals surface area contributed by atoms with Crippen LogP contribution in [0.3, 0.4) is 0 Å². The Kier molecular flexibility index (Phi) is 3.89. The monoisotopic (exact) mass is 544 g/mol. The molecule has 1 heterocycles. The molecule has 0 atom stereocenters. The zero-order chi connectivity index (χ0) is 28.0. The minimum atomic E-state index is 0.0817. The maximum Gasteiger partial charge on any atom is 0.193 e. The molecule has 0 aliphatic heterocycles. The van der Waals surface area contributed by atoms with Gasteiger partial charge in [0.15, 0.2) is 5.69 Å². The molecule has 6 aliphatic carbocycles. The number of hydrogen-bond donors (Lipinski definition) is 1. The van der Waals surface area contributed by atoms with Gasteiger partial charge in [0.1, 0.15) is 0 Å². The van der Waals surface area contributed by atoms with Crippen LogP contribution in [0, 0.1) is 6.57 Å². The molecule has 2 nitrogen and oxygen atoms in total. The summed E-state index contributed by atoms with van der Waals surface area (Å²) < 4.78 is 0. The van der Waals surface area contributed by atoms with Gasteiger partial charge in [-0.1, -0.05) is 97.1 Å².